The maximum absolute atomic E-state index is 17.3. The topological polar surface area (TPSA) is 155 Å². The molecule has 0 unspecified atom stereocenters. The number of carbonyl (C=O) groups is 3. The zero-order valence-corrected chi connectivity index (χ0v) is 23.3. The molecule has 5 rings (SSSR count). The molecule has 0 spiro atoms. The third kappa shape index (κ3) is 3.81. The zero-order chi connectivity index (χ0) is 29.5. The van der Waals surface area contributed by atoms with E-state index in [1.165, 1.54) is 30.4 Å². The van der Waals surface area contributed by atoms with Crippen molar-refractivity contribution in [3.63, 3.8) is 0 Å². The van der Waals surface area contributed by atoms with E-state index in [1.807, 2.05) is 0 Å². The number of carbonyl (C=O) groups excluding carboxylic acids is 3. The van der Waals surface area contributed by atoms with Gasteiger partial charge in [0.05, 0.1) is 16.6 Å². The van der Waals surface area contributed by atoms with Crippen LogP contribution in [0.5, 0.6) is 0 Å². The van der Waals surface area contributed by atoms with Crippen LogP contribution in [0.1, 0.15) is 56.8 Å². The van der Waals surface area contributed by atoms with Crippen LogP contribution in [0.2, 0.25) is 0 Å². The van der Waals surface area contributed by atoms with Gasteiger partial charge in [-0.3, -0.25) is 14.1 Å². The lowest BCUT2D eigenvalue weighted by molar-refractivity contribution is -0.219. The number of halogens is 1. The number of aliphatic hydroxyl groups excluding tert-OH is 1. The Bertz CT molecular complexity index is 1470. The maximum atomic E-state index is 17.3. The molecule has 4 aliphatic carbocycles. The van der Waals surface area contributed by atoms with Gasteiger partial charge >= 0.3 is 5.97 Å². The van der Waals surface area contributed by atoms with E-state index in [4.69, 9.17) is 4.74 Å². The van der Waals surface area contributed by atoms with Gasteiger partial charge in [-0.25, -0.2) is 9.18 Å². The van der Waals surface area contributed by atoms with Gasteiger partial charge in [0.15, 0.2) is 18.1 Å². The van der Waals surface area contributed by atoms with Gasteiger partial charge in [-0.2, -0.15) is 8.42 Å². The summed E-state index contributed by atoms with van der Waals surface area (Å²) in [6.07, 6.45) is 3.64. The number of hydrogen-bond acceptors (Lipinski definition) is 8. The molecule has 4 aliphatic rings. The Morgan fingerprint density at radius 3 is 2.58 bits per heavy atom. The summed E-state index contributed by atoms with van der Waals surface area (Å²) in [7, 11) is -4.57. The molecule has 0 bridgehead atoms. The minimum atomic E-state index is -4.57. The number of esters is 1. The SMILES string of the molecule is C[C@@H]1C[C@H]2[C@H]3CCC4=CC(=O)C=C[C@]4(C)[C@]3(F)[C@H](O)C[C@]2(C)[C@]1(O)C(=O)COC(=O)c1cccc(S(=O)(=O)O)c1. The molecule has 8 atom stereocenters. The van der Waals surface area contributed by atoms with Gasteiger partial charge in [-0.1, -0.05) is 31.6 Å². The van der Waals surface area contributed by atoms with Gasteiger partial charge in [0.25, 0.3) is 10.1 Å². The molecule has 0 saturated heterocycles. The van der Waals surface area contributed by atoms with Crippen molar-refractivity contribution in [1.29, 1.82) is 0 Å². The summed E-state index contributed by atoms with van der Waals surface area (Å²) in [6, 6.07) is 4.48. The minimum Gasteiger partial charge on any atom is -0.454 e. The van der Waals surface area contributed by atoms with Crippen LogP contribution >= 0.6 is 0 Å². The maximum Gasteiger partial charge on any atom is 0.338 e. The lowest BCUT2D eigenvalue weighted by atomic mass is 9.44. The molecule has 0 heterocycles. The van der Waals surface area contributed by atoms with E-state index in [-0.39, 0.29) is 17.8 Å². The third-order valence-electron chi connectivity index (χ3n) is 10.3. The van der Waals surface area contributed by atoms with Crippen molar-refractivity contribution in [2.24, 2.45) is 28.6 Å². The van der Waals surface area contributed by atoms with Crippen molar-refractivity contribution in [2.45, 2.75) is 68.7 Å². The number of fused-ring (bicyclic) bond motifs is 5. The largest absolute Gasteiger partial charge is 0.454 e. The smallest absolute Gasteiger partial charge is 0.338 e. The molecule has 3 saturated carbocycles. The number of benzene rings is 1. The van der Waals surface area contributed by atoms with E-state index < -0.39 is 79.3 Å². The predicted molar refractivity (Wildman–Crippen MR) is 139 cm³/mol. The van der Waals surface area contributed by atoms with Crippen molar-refractivity contribution in [2.75, 3.05) is 6.61 Å². The first kappa shape index (κ1) is 28.8. The molecule has 1 aromatic rings. The Morgan fingerprint density at radius 1 is 1.20 bits per heavy atom. The molecule has 40 heavy (non-hydrogen) atoms. The van der Waals surface area contributed by atoms with Gasteiger partial charge in [0.1, 0.15) is 5.60 Å². The van der Waals surface area contributed by atoms with Gasteiger partial charge < -0.3 is 14.9 Å². The van der Waals surface area contributed by atoms with E-state index in [1.54, 1.807) is 20.8 Å². The summed E-state index contributed by atoms with van der Waals surface area (Å²) in [6.45, 7) is 4.22. The number of hydrogen-bond donors (Lipinski definition) is 3. The van der Waals surface area contributed by atoms with Crippen LogP contribution in [0.25, 0.3) is 0 Å². The highest BCUT2D eigenvalue weighted by atomic mass is 32.2. The summed E-state index contributed by atoms with van der Waals surface area (Å²) in [5.41, 5.74) is -6.17. The molecule has 9 nitrogen and oxygen atoms in total. The quantitative estimate of drug-likeness (QED) is 0.354. The number of ketones is 2. The summed E-state index contributed by atoms with van der Waals surface area (Å²) in [5.74, 6) is -3.86. The predicted octanol–water partition coefficient (Wildman–Crippen LogP) is 3.01. The molecule has 3 fully saturated rings. The molecule has 1 aromatic carbocycles. The highest BCUT2D eigenvalue weighted by molar-refractivity contribution is 7.85. The molecular weight excluding hydrogens is 543 g/mol. The second kappa shape index (κ2) is 9.14. The highest BCUT2D eigenvalue weighted by Crippen LogP contribution is 2.70. The van der Waals surface area contributed by atoms with Gasteiger partial charge in [-0.05, 0) is 74.8 Å². The van der Waals surface area contributed by atoms with Crippen LogP contribution in [0, 0.1) is 28.6 Å². The first-order chi connectivity index (χ1) is 18.5. The number of allylic oxidation sites excluding steroid dienone is 4. The van der Waals surface area contributed by atoms with Crippen LogP contribution in [0.15, 0.2) is 53.0 Å². The Labute approximate surface area is 231 Å². The molecule has 0 aromatic heterocycles. The van der Waals surface area contributed by atoms with Crippen molar-refractivity contribution in [3.8, 4) is 0 Å². The monoisotopic (exact) mass is 576 g/mol. The number of Topliss-reactive ketones (excluding diaryl/α,β-unsaturated/α-hetero) is 1. The average Bonchev–Trinajstić information content (AvgIpc) is 3.09. The molecule has 3 N–H and O–H groups in total. The highest BCUT2D eigenvalue weighted by Gasteiger charge is 2.75. The first-order valence-electron chi connectivity index (χ1n) is 13.3. The van der Waals surface area contributed by atoms with Crippen LogP contribution in [-0.2, 0) is 24.4 Å². The molecule has 0 amide bonds. The Hall–Kier alpha value is -2.73. The fourth-order valence-corrected chi connectivity index (χ4v) is 8.77. The van der Waals surface area contributed by atoms with E-state index >= 15 is 4.39 Å². The van der Waals surface area contributed by atoms with Crippen molar-refractivity contribution in [3.05, 3.63) is 53.6 Å². The van der Waals surface area contributed by atoms with Crippen LogP contribution in [0.3, 0.4) is 0 Å². The molecule has 0 aliphatic heterocycles. The number of rotatable bonds is 5. The van der Waals surface area contributed by atoms with Gasteiger partial charge in [-0.15, -0.1) is 0 Å². The van der Waals surface area contributed by atoms with Gasteiger partial charge in [0, 0.05) is 16.7 Å². The van der Waals surface area contributed by atoms with E-state index in [2.05, 4.69) is 0 Å². The van der Waals surface area contributed by atoms with Crippen LogP contribution < -0.4 is 0 Å². The fourth-order valence-electron chi connectivity index (χ4n) is 8.25. The van der Waals surface area contributed by atoms with E-state index in [9.17, 15) is 37.6 Å². The normalized spacial score (nSPS) is 40.5. The minimum absolute atomic E-state index is 0.216. The second-order valence-corrected chi connectivity index (χ2v) is 13.6. The summed E-state index contributed by atoms with van der Waals surface area (Å²) >= 11 is 0. The number of alkyl halides is 1. The lowest BCUT2D eigenvalue weighted by Crippen LogP contribution is -2.69. The van der Waals surface area contributed by atoms with Crippen molar-refractivity contribution >= 4 is 27.7 Å². The molecule has 216 valence electrons. The third-order valence-corrected chi connectivity index (χ3v) is 11.2. The summed E-state index contributed by atoms with van der Waals surface area (Å²) in [4.78, 5) is 37.7. The first-order valence-corrected chi connectivity index (χ1v) is 14.8. The number of ether oxygens (including phenoxy) is 1. The van der Waals surface area contributed by atoms with E-state index in [0.29, 0.717) is 24.8 Å². The summed E-state index contributed by atoms with van der Waals surface area (Å²) < 4.78 is 54.4. The zero-order valence-electron chi connectivity index (χ0n) is 22.5. The molecule has 11 heteroatoms. The second-order valence-electron chi connectivity index (χ2n) is 12.2. The Morgan fingerprint density at radius 2 is 1.90 bits per heavy atom. The molecule has 0 radical (unpaired) electrons. The van der Waals surface area contributed by atoms with Crippen molar-refractivity contribution < 1.29 is 46.7 Å². The summed E-state index contributed by atoms with van der Waals surface area (Å²) in [5, 5.41) is 23.4. The van der Waals surface area contributed by atoms with Crippen molar-refractivity contribution in [1.82, 2.24) is 0 Å². The van der Waals surface area contributed by atoms with Gasteiger partial charge in [0.2, 0.25) is 5.78 Å². The lowest BCUT2D eigenvalue weighted by Gasteiger charge is -2.62. The van der Waals surface area contributed by atoms with Crippen LogP contribution in [-0.4, -0.2) is 64.7 Å². The fraction of sp³-hybridized carbons (Fsp3) is 0.552. The van der Waals surface area contributed by atoms with Crippen LogP contribution in [0.4, 0.5) is 4.39 Å². The standard InChI is InChI=1S/C29H33FO9S/c1-16-11-22-21-8-7-18-13-19(31)9-10-26(18,2)28(21,30)23(32)14-27(22,3)29(16,35)24(33)15-39-25(34)17-5-4-6-20(12-17)40(36,37)38/h4-6,9-10,12-13,16,21-23,32,35H,7-8,11,14-15H2,1-3H3,(H,36,37,38)/t16-,21-,22+,23-,26+,27+,28-,29-/m1/s1. The Balaban J connectivity index is 1.41. The Kier molecular flexibility index (Phi) is 6.58. The van der Waals surface area contributed by atoms with E-state index in [0.717, 1.165) is 12.1 Å². The average molecular weight is 577 g/mol. The number of aliphatic hydroxyl groups is 2. The molecular formula is C29H33FO9S.